The summed E-state index contributed by atoms with van der Waals surface area (Å²) in [6.45, 7) is 2.70. The summed E-state index contributed by atoms with van der Waals surface area (Å²) in [5, 5.41) is 3.37. The number of aryl methyl sites for hydroxylation is 1. The summed E-state index contributed by atoms with van der Waals surface area (Å²) in [5.41, 5.74) is 7.49. The van der Waals surface area contributed by atoms with Crippen LogP contribution in [0.15, 0.2) is 85.3 Å². The van der Waals surface area contributed by atoms with Gasteiger partial charge in [-0.1, -0.05) is 35.9 Å². The Bertz CT molecular complexity index is 1510. The molecule has 0 aliphatic carbocycles. The zero-order chi connectivity index (χ0) is 23.1. The number of rotatable bonds is 4. The van der Waals surface area contributed by atoms with Crippen molar-refractivity contribution >= 4 is 28.7 Å². The first-order valence-corrected chi connectivity index (χ1v) is 11.2. The Morgan fingerprint density at radius 2 is 1.88 bits per heavy atom. The molecule has 1 radical (unpaired) electrons. The van der Waals surface area contributed by atoms with Gasteiger partial charge in [0.15, 0.2) is 11.5 Å². The molecule has 0 spiro atoms. The third-order valence-electron chi connectivity index (χ3n) is 6.17. The molecular formula is C28H22N5O. The molecule has 1 amide bonds. The van der Waals surface area contributed by atoms with Gasteiger partial charge in [-0.3, -0.25) is 4.79 Å². The van der Waals surface area contributed by atoms with E-state index in [0.717, 1.165) is 45.8 Å². The number of carbonyl (C=O) groups excluding carboxylic acids is 1. The minimum absolute atomic E-state index is 0.0380. The maximum atomic E-state index is 13.1. The summed E-state index contributed by atoms with van der Waals surface area (Å²) in [6.07, 6.45) is 6.49. The molecule has 0 saturated heterocycles. The minimum atomic E-state index is 0.0380. The predicted molar refractivity (Wildman–Crippen MR) is 134 cm³/mol. The average Bonchev–Trinajstić information content (AvgIpc) is 3.51. The van der Waals surface area contributed by atoms with E-state index in [2.05, 4.69) is 22.4 Å². The number of anilines is 3. The van der Waals surface area contributed by atoms with Gasteiger partial charge >= 0.3 is 0 Å². The van der Waals surface area contributed by atoms with Crippen LogP contribution in [0.5, 0.6) is 0 Å². The number of hydrogen-bond acceptors (Lipinski definition) is 4. The number of nitrogens with one attached hydrogen (secondary N) is 1. The topological polar surface area (TPSA) is 62.5 Å². The van der Waals surface area contributed by atoms with Crippen LogP contribution in [0.1, 0.15) is 21.5 Å². The number of imidazole rings is 1. The summed E-state index contributed by atoms with van der Waals surface area (Å²) >= 11 is 0. The van der Waals surface area contributed by atoms with Gasteiger partial charge in [-0.05, 0) is 61.4 Å². The van der Waals surface area contributed by atoms with Crippen molar-refractivity contribution < 1.29 is 4.79 Å². The molecule has 1 N–H and O–H groups in total. The summed E-state index contributed by atoms with van der Waals surface area (Å²) in [6, 6.07) is 24.6. The molecular weight excluding hydrogens is 422 g/mol. The lowest BCUT2D eigenvalue weighted by Gasteiger charge is -2.18. The lowest BCUT2D eigenvalue weighted by Crippen LogP contribution is -2.28. The average molecular weight is 445 g/mol. The fourth-order valence-corrected chi connectivity index (χ4v) is 4.39. The minimum Gasteiger partial charge on any atom is -0.337 e. The second kappa shape index (κ2) is 8.15. The van der Waals surface area contributed by atoms with E-state index in [9.17, 15) is 4.79 Å². The zero-order valence-electron chi connectivity index (χ0n) is 18.7. The molecule has 34 heavy (non-hydrogen) atoms. The van der Waals surface area contributed by atoms with Gasteiger partial charge in [-0.15, -0.1) is 0 Å². The van der Waals surface area contributed by atoms with Crippen molar-refractivity contribution in [2.24, 2.45) is 0 Å². The smallest absolute Gasteiger partial charge is 0.258 e. The highest BCUT2D eigenvalue weighted by atomic mass is 16.2. The second-order valence-corrected chi connectivity index (χ2v) is 8.46. The van der Waals surface area contributed by atoms with E-state index in [1.165, 1.54) is 0 Å². The molecule has 2 aromatic heterocycles. The molecule has 6 rings (SSSR count). The highest BCUT2D eigenvalue weighted by Gasteiger charge is 2.26. The van der Waals surface area contributed by atoms with Crippen LogP contribution in [-0.4, -0.2) is 26.8 Å². The quantitative estimate of drug-likeness (QED) is 0.400. The third kappa shape index (κ3) is 3.59. The van der Waals surface area contributed by atoms with Crippen LogP contribution in [0.25, 0.3) is 16.9 Å². The monoisotopic (exact) mass is 444 g/mol. The van der Waals surface area contributed by atoms with E-state index in [-0.39, 0.29) is 5.91 Å². The van der Waals surface area contributed by atoms with E-state index >= 15 is 0 Å². The number of nitrogens with zero attached hydrogens (tertiary/aromatic N) is 4. The van der Waals surface area contributed by atoms with Crippen molar-refractivity contribution in [3.8, 4) is 11.3 Å². The molecule has 3 aromatic carbocycles. The third-order valence-corrected chi connectivity index (χ3v) is 6.17. The van der Waals surface area contributed by atoms with Crippen molar-refractivity contribution in [2.45, 2.75) is 13.3 Å². The van der Waals surface area contributed by atoms with Crippen LogP contribution in [0, 0.1) is 13.0 Å². The molecule has 0 fully saturated rings. The fourth-order valence-electron chi connectivity index (χ4n) is 4.39. The Balaban J connectivity index is 1.34. The first-order valence-electron chi connectivity index (χ1n) is 11.2. The number of carbonyl (C=O) groups is 1. The van der Waals surface area contributed by atoms with Crippen molar-refractivity contribution in [2.75, 3.05) is 16.8 Å². The molecule has 0 atom stereocenters. The maximum absolute atomic E-state index is 13.1. The fraction of sp³-hybridized carbons (Fsp3) is 0.107. The molecule has 0 unspecified atom stereocenters. The lowest BCUT2D eigenvalue weighted by atomic mass is 10.1. The standard InChI is InChI=1S/C28H22N5O/c1-19-7-9-20(10-8-19)28(34)33-15-13-22-17-21(11-12-25(22)33)24-18-32-16-14-29-27(32)26(31-24)30-23-5-3-2-4-6-23/h3-12,14,16-18H,13,15H2,1H3,(H,30,31). The Morgan fingerprint density at radius 3 is 2.71 bits per heavy atom. The van der Waals surface area contributed by atoms with Gasteiger partial charge in [-0.2, -0.15) is 0 Å². The SMILES string of the molecule is Cc1ccc(C(=O)N2CCc3cc(-c4cn5ccnc5c(Nc5cc[c]cc5)n4)ccc32)cc1. The van der Waals surface area contributed by atoms with Crippen LogP contribution < -0.4 is 10.2 Å². The van der Waals surface area contributed by atoms with E-state index in [1.807, 2.05) is 89.3 Å². The van der Waals surface area contributed by atoms with Gasteiger partial charge in [0.05, 0.1) is 5.69 Å². The summed E-state index contributed by atoms with van der Waals surface area (Å²) < 4.78 is 1.97. The normalized spacial score (nSPS) is 12.7. The summed E-state index contributed by atoms with van der Waals surface area (Å²) in [4.78, 5) is 24.3. The molecule has 165 valence electrons. The van der Waals surface area contributed by atoms with Gasteiger partial charge in [0.1, 0.15) is 0 Å². The first kappa shape index (κ1) is 20.2. The van der Waals surface area contributed by atoms with Gasteiger partial charge < -0.3 is 14.6 Å². The van der Waals surface area contributed by atoms with Gasteiger partial charge in [0.25, 0.3) is 5.91 Å². The number of fused-ring (bicyclic) bond motifs is 2. The highest BCUT2D eigenvalue weighted by molar-refractivity contribution is 6.07. The van der Waals surface area contributed by atoms with Crippen LogP contribution in [0.4, 0.5) is 17.2 Å². The molecule has 1 aliphatic rings. The number of benzene rings is 3. The molecule has 6 heteroatoms. The van der Waals surface area contributed by atoms with E-state index < -0.39 is 0 Å². The van der Waals surface area contributed by atoms with Crippen molar-refractivity contribution in [3.63, 3.8) is 0 Å². The zero-order valence-corrected chi connectivity index (χ0v) is 18.7. The van der Waals surface area contributed by atoms with Crippen LogP contribution in [-0.2, 0) is 6.42 Å². The highest BCUT2D eigenvalue weighted by Crippen LogP contribution is 2.34. The predicted octanol–water partition coefficient (Wildman–Crippen LogP) is 5.45. The Labute approximate surface area is 197 Å². The molecule has 6 nitrogen and oxygen atoms in total. The maximum Gasteiger partial charge on any atom is 0.258 e. The molecule has 0 bridgehead atoms. The van der Waals surface area contributed by atoms with Gasteiger partial charge in [-0.25, -0.2) is 9.97 Å². The number of aromatic nitrogens is 3. The van der Waals surface area contributed by atoms with E-state index in [1.54, 1.807) is 6.20 Å². The van der Waals surface area contributed by atoms with Crippen LogP contribution in [0.3, 0.4) is 0 Å². The van der Waals surface area contributed by atoms with Crippen LogP contribution in [0.2, 0.25) is 0 Å². The van der Waals surface area contributed by atoms with Gasteiger partial charge in [0.2, 0.25) is 0 Å². The number of amides is 1. The van der Waals surface area contributed by atoms with Gasteiger partial charge in [0, 0.05) is 47.6 Å². The lowest BCUT2D eigenvalue weighted by molar-refractivity contribution is 0.0989. The second-order valence-electron chi connectivity index (χ2n) is 8.46. The van der Waals surface area contributed by atoms with E-state index in [0.29, 0.717) is 17.9 Å². The Kier molecular flexibility index (Phi) is 4.84. The molecule has 5 aromatic rings. The molecule has 0 saturated carbocycles. The van der Waals surface area contributed by atoms with Crippen molar-refractivity contribution in [1.82, 2.24) is 14.4 Å². The summed E-state index contributed by atoms with van der Waals surface area (Å²) in [5.74, 6) is 0.724. The Hall–Kier alpha value is -4.45. The van der Waals surface area contributed by atoms with Crippen molar-refractivity contribution in [3.05, 3.63) is 108 Å². The Morgan fingerprint density at radius 1 is 1.06 bits per heavy atom. The summed E-state index contributed by atoms with van der Waals surface area (Å²) in [7, 11) is 0. The first-order chi connectivity index (χ1) is 16.7. The molecule has 1 aliphatic heterocycles. The largest absolute Gasteiger partial charge is 0.337 e. The van der Waals surface area contributed by atoms with Crippen LogP contribution >= 0.6 is 0 Å². The van der Waals surface area contributed by atoms with Crippen molar-refractivity contribution in [1.29, 1.82) is 0 Å². The van der Waals surface area contributed by atoms with E-state index in [4.69, 9.17) is 4.98 Å². The number of hydrogen-bond donors (Lipinski definition) is 1. The molecule has 3 heterocycles.